The van der Waals surface area contributed by atoms with Crippen LogP contribution in [-0.2, 0) is 15.4 Å². The van der Waals surface area contributed by atoms with Crippen molar-refractivity contribution in [3.63, 3.8) is 0 Å². The molecule has 41 heavy (non-hydrogen) atoms. The average molecular weight is 571 g/mol. The number of nitrogens with one attached hydrogen (secondary N) is 2. The summed E-state index contributed by atoms with van der Waals surface area (Å²) in [4.78, 5) is 22.1. The molecule has 1 atom stereocenters. The molecule has 0 saturated heterocycles. The Morgan fingerprint density at radius 2 is 1.59 bits per heavy atom. The first kappa shape index (κ1) is 28.3. The van der Waals surface area contributed by atoms with Gasteiger partial charge in [0, 0.05) is 17.2 Å². The molecule has 2 heterocycles. The normalized spacial score (nSPS) is 16.7. The number of anilines is 1. The summed E-state index contributed by atoms with van der Waals surface area (Å²) in [5, 5.41) is 2.93. The number of ether oxygens (including phenoxy) is 1. The molecule has 8 nitrogen and oxygen atoms in total. The Kier molecular flexibility index (Phi) is 7.33. The SMILES string of the molecule is Cc1cc(C(C)(C)C)ccc1[C@H]1CNC(=O)c2cccc(c2)S(=O)(=O)Nc2nc(cc(-c3c(C)cccc3C)n2)O1. The number of carbonyl (C=O) groups is 1. The van der Waals surface area contributed by atoms with Gasteiger partial charge in [-0.25, -0.2) is 18.1 Å². The molecule has 4 bridgehead atoms. The Balaban J connectivity index is 1.69. The number of fused-ring (bicyclic) bond motifs is 4. The maximum absolute atomic E-state index is 13.3. The number of nitrogens with zero attached hydrogens (tertiary/aromatic N) is 2. The van der Waals surface area contributed by atoms with Gasteiger partial charge in [0.25, 0.3) is 15.9 Å². The van der Waals surface area contributed by atoms with Crippen LogP contribution in [0.1, 0.15) is 65.1 Å². The van der Waals surface area contributed by atoms with Crippen molar-refractivity contribution < 1.29 is 17.9 Å². The zero-order chi connectivity index (χ0) is 29.5. The van der Waals surface area contributed by atoms with E-state index in [1.54, 1.807) is 12.1 Å². The minimum Gasteiger partial charge on any atom is -0.467 e. The summed E-state index contributed by atoms with van der Waals surface area (Å²) in [5.74, 6) is -0.352. The standard InChI is InChI=1S/C32H34N4O4S/c1-19-9-7-10-20(2)29(19)26-17-28-35-31(34-26)36-41(38,39)24-12-8-11-22(16-24)30(37)33-18-27(40-28)25-14-13-23(15-21(25)3)32(4,5)6/h7-17,27H,18H2,1-6H3,(H,33,37)(H,34,35,36)/t27-/m1/s1. The molecule has 0 unspecified atom stereocenters. The first-order valence-corrected chi connectivity index (χ1v) is 14.9. The van der Waals surface area contributed by atoms with Crippen molar-refractivity contribution in [2.24, 2.45) is 0 Å². The largest absolute Gasteiger partial charge is 0.467 e. The molecular formula is C32H34N4O4S. The highest BCUT2D eigenvalue weighted by molar-refractivity contribution is 7.92. The minimum atomic E-state index is -4.10. The molecule has 0 fully saturated rings. The summed E-state index contributed by atoms with van der Waals surface area (Å²) < 4.78 is 35.7. The van der Waals surface area contributed by atoms with Gasteiger partial charge in [0.2, 0.25) is 11.8 Å². The Morgan fingerprint density at radius 3 is 2.27 bits per heavy atom. The van der Waals surface area contributed by atoms with Crippen LogP contribution >= 0.6 is 0 Å². The van der Waals surface area contributed by atoms with E-state index < -0.39 is 22.0 Å². The number of aryl methyl sites for hydroxylation is 3. The van der Waals surface area contributed by atoms with E-state index in [-0.39, 0.29) is 34.2 Å². The zero-order valence-electron chi connectivity index (χ0n) is 24.1. The van der Waals surface area contributed by atoms with E-state index in [1.807, 2.05) is 45.0 Å². The number of aromatic nitrogens is 2. The fourth-order valence-corrected chi connectivity index (χ4v) is 6.00. The van der Waals surface area contributed by atoms with E-state index in [9.17, 15) is 13.2 Å². The summed E-state index contributed by atoms with van der Waals surface area (Å²) in [6.45, 7) is 12.6. The van der Waals surface area contributed by atoms with Gasteiger partial charge in [-0.1, -0.05) is 63.2 Å². The van der Waals surface area contributed by atoms with Crippen LogP contribution in [0, 0.1) is 20.8 Å². The van der Waals surface area contributed by atoms with E-state index in [4.69, 9.17) is 4.74 Å². The number of hydrogen-bond donors (Lipinski definition) is 2. The van der Waals surface area contributed by atoms with Crippen LogP contribution < -0.4 is 14.8 Å². The molecule has 0 saturated carbocycles. The number of sulfonamides is 1. The molecule has 1 aliphatic rings. The first-order valence-electron chi connectivity index (χ1n) is 13.5. The van der Waals surface area contributed by atoms with Crippen LogP contribution in [0.3, 0.4) is 0 Å². The molecule has 1 amide bonds. The van der Waals surface area contributed by atoms with Crippen LogP contribution in [0.5, 0.6) is 5.88 Å². The first-order chi connectivity index (χ1) is 19.3. The smallest absolute Gasteiger partial charge is 0.264 e. The fraction of sp³-hybridized carbons (Fsp3) is 0.281. The summed E-state index contributed by atoms with van der Waals surface area (Å²) in [6, 6.07) is 19.7. The van der Waals surface area contributed by atoms with Crippen LogP contribution in [0.2, 0.25) is 0 Å². The number of carbonyl (C=O) groups excluding carboxylic acids is 1. The molecular weight excluding hydrogens is 536 g/mol. The number of benzene rings is 3. The van der Waals surface area contributed by atoms with Gasteiger partial charge in [-0.15, -0.1) is 0 Å². The lowest BCUT2D eigenvalue weighted by atomic mass is 9.85. The van der Waals surface area contributed by atoms with Crippen LogP contribution in [-0.4, -0.2) is 30.8 Å². The molecule has 9 heteroatoms. The summed E-state index contributed by atoms with van der Waals surface area (Å²) in [7, 11) is -4.10. The van der Waals surface area contributed by atoms with Crippen molar-refractivity contribution in [2.75, 3.05) is 11.3 Å². The summed E-state index contributed by atoms with van der Waals surface area (Å²) in [6.07, 6.45) is -0.609. The van der Waals surface area contributed by atoms with Gasteiger partial charge in [-0.05, 0) is 72.2 Å². The number of hydrogen-bond acceptors (Lipinski definition) is 6. The lowest BCUT2D eigenvalue weighted by molar-refractivity contribution is 0.0925. The topological polar surface area (TPSA) is 110 Å². The highest BCUT2D eigenvalue weighted by Gasteiger charge is 2.25. The Bertz CT molecular complexity index is 1740. The van der Waals surface area contributed by atoms with E-state index in [1.165, 1.54) is 23.8 Å². The average Bonchev–Trinajstić information content (AvgIpc) is 2.90. The molecule has 0 aliphatic carbocycles. The second-order valence-electron chi connectivity index (χ2n) is 11.5. The third-order valence-corrected chi connectivity index (χ3v) is 8.59. The van der Waals surface area contributed by atoms with E-state index in [0.29, 0.717) is 5.69 Å². The highest BCUT2D eigenvalue weighted by atomic mass is 32.2. The summed E-state index contributed by atoms with van der Waals surface area (Å²) in [5.41, 5.74) is 6.60. The van der Waals surface area contributed by atoms with Crippen LogP contribution in [0.15, 0.2) is 71.6 Å². The van der Waals surface area contributed by atoms with Crippen molar-refractivity contribution in [2.45, 2.75) is 58.0 Å². The predicted molar refractivity (Wildman–Crippen MR) is 160 cm³/mol. The van der Waals surface area contributed by atoms with E-state index >= 15 is 0 Å². The Labute approximate surface area is 241 Å². The van der Waals surface area contributed by atoms with Crippen molar-refractivity contribution >= 4 is 21.9 Å². The van der Waals surface area contributed by atoms with E-state index in [2.05, 4.69) is 52.9 Å². The third-order valence-electron chi connectivity index (χ3n) is 7.27. The maximum atomic E-state index is 13.3. The van der Waals surface area contributed by atoms with Gasteiger partial charge in [0.15, 0.2) is 0 Å². The van der Waals surface area contributed by atoms with Gasteiger partial charge in [-0.3, -0.25) is 4.79 Å². The van der Waals surface area contributed by atoms with Crippen molar-refractivity contribution in [1.82, 2.24) is 15.3 Å². The van der Waals surface area contributed by atoms with Gasteiger partial charge in [0.05, 0.1) is 17.1 Å². The highest BCUT2D eigenvalue weighted by Crippen LogP contribution is 2.33. The zero-order valence-corrected chi connectivity index (χ0v) is 24.9. The van der Waals surface area contributed by atoms with Gasteiger partial charge in [-0.2, -0.15) is 4.98 Å². The molecule has 3 aromatic carbocycles. The Hall–Kier alpha value is -4.24. The maximum Gasteiger partial charge on any atom is 0.264 e. The monoisotopic (exact) mass is 570 g/mol. The second kappa shape index (κ2) is 10.6. The molecule has 1 aliphatic heterocycles. The van der Waals surface area contributed by atoms with Crippen molar-refractivity contribution in [3.8, 4) is 17.1 Å². The van der Waals surface area contributed by atoms with Gasteiger partial charge in [0.1, 0.15) is 6.10 Å². The van der Waals surface area contributed by atoms with Crippen molar-refractivity contribution in [3.05, 3.63) is 100 Å². The predicted octanol–water partition coefficient (Wildman–Crippen LogP) is 6.03. The van der Waals surface area contributed by atoms with Crippen LogP contribution in [0.25, 0.3) is 11.3 Å². The van der Waals surface area contributed by atoms with Gasteiger partial charge >= 0.3 is 0 Å². The lowest BCUT2D eigenvalue weighted by Crippen LogP contribution is -2.31. The molecule has 5 rings (SSSR count). The minimum absolute atomic E-state index is 0.0346. The number of amides is 1. The third kappa shape index (κ3) is 5.95. The molecule has 0 spiro atoms. The van der Waals surface area contributed by atoms with Gasteiger partial charge < -0.3 is 10.1 Å². The molecule has 212 valence electrons. The molecule has 1 aromatic heterocycles. The number of rotatable bonds is 2. The van der Waals surface area contributed by atoms with Crippen molar-refractivity contribution in [1.29, 1.82) is 0 Å². The quantitative estimate of drug-likeness (QED) is 0.305. The second-order valence-corrected chi connectivity index (χ2v) is 13.1. The summed E-state index contributed by atoms with van der Waals surface area (Å²) >= 11 is 0. The molecule has 0 radical (unpaired) electrons. The molecule has 2 N–H and O–H groups in total. The molecule has 4 aromatic rings. The fourth-order valence-electron chi connectivity index (χ4n) is 5.01. The lowest BCUT2D eigenvalue weighted by Gasteiger charge is -2.25. The Morgan fingerprint density at radius 1 is 0.878 bits per heavy atom. The van der Waals surface area contributed by atoms with E-state index in [0.717, 1.165) is 27.8 Å². The van der Waals surface area contributed by atoms with Crippen LogP contribution in [0.4, 0.5) is 5.95 Å².